The summed E-state index contributed by atoms with van der Waals surface area (Å²) in [5.41, 5.74) is 1.04. The van der Waals surface area contributed by atoms with E-state index in [1.54, 1.807) is 0 Å². The number of aliphatic hydroxyl groups excluding tert-OH is 10. The van der Waals surface area contributed by atoms with E-state index in [4.69, 9.17) is 10.2 Å². The van der Waals surface area contributed by atoms with Crippen molar-refractivity contribution in [1.82, 2.24) is 5.32 Å². The molecule has 25 heteroatoms. The summed E-state index contributed by atoms with van der Waals surface area (Å²) >= 11 is 11.2. The van der Waals surface area contributed by atoms with Crippen molar-refractivity contribution >= 4 is 182 Å². The molecule has 62 heavy (non-hydrogen) atoms. The van der Waals surface area contributed by atoms with E-state index in [0.717, 1.165) is 0 Å². The van der Waals surface area contributed by atoms with E-state index in [0.29, 0.717) is 23.5 Å². The van der Waals surface area contributed by atoms with Crippen LogP contribution >= 0.6 is 136 Å². The molecule has 0 spiro atoms. The Morgan fingerprint density at radius 3 is 1.39 bits per heavy atom. The number of Topliss-reactive ketones (excluding diaryl/α,β-unsaturated/α-hetero) is 3. The van der Waals surface area contributed by atoms with Crippen LogP contribution in [0.3, 0.4) is 0 Å². The highest BCUT2D eigenvalue weighted by molar-refractivity contribution is 14.1. The van der Waals surface area contributed by atoms with Gasteiger partial charge in [0.05, 0.1) is 65.2 Å². The first-order chi connectivity index (χ1) is 29.0. The standard InChI is InChI=1S/C19H24I3NO8.C18H23I3N2O8/c1-23(13(31)8-26)19-17(21)14(11(29)4-2-9(27)6-24)16(20)15(18(19)22)12(30)5-3-10(28)7-25;1-7(28)17(30)23-16-14(20)11(10(29)2-8(3-24)4-25)13(19)12(15(16)21)18(31)22-9(5-26)6-27/h9-10,24-28H,2-8H2,1H3;7-9,24-28H,2-6H2,1H3,(H,22,31)(H,23,30)/t;7-/m.0/s1. The normalized spacial score (nSPS) is 12.6. The van der Waals surface area contributed by atoms with Crippen LogP contribution in [-0.4, -0.2) is 164 Å². The van der Waals surface area contributed by atoms with Crippen molar-refractivity contribution in [3.63, 3.8) is 0 Å². The van der Waals surface area contributed by atoms with Crippen LogP contribution in [0.5, 0.6) is 0 Å². The Kier molecular flexibility index (Phi) is 28.5. The second-order valence-electron chi connectivity index (χ2n) is 13.4. The average Bonchev–Trinajstić information content (AvgIpc) is 3.23. The number of ketones is 3. The fourth-order valence-corrected chi connectivity index (χ4v) is 14.7. The van der Waals surface area contributed by atoms with Gasteiger partial charge in [0.15, 0.2) is 17.3 Å². The Hall–Kier alpha value is -0.160. The molecule has 0 aromatic heterocycles. The van der Waals surface area contributed by atoms with Crippen LogP contribution in [0.15, 0.2) is 0 Å². The lowest BCUT2D eigenvalue weighted by molar-refractivity contribution is -0.123. The van der Waals surface area contributed by atoms with E-state index >= 15 is 0 Å². The molecule has 0 aliphatic carbocycles. The van der Waals surface area contributed by atoms with Crippen LogP contribution in [0, 0.1) is 27.3 Å². The number of aliphatic hydroxyl groups is 10. The zero-order chi connectivity index (χ0) is 47.8. The molecule has 2 aromatic rings. The highest BCUT2D eigenvalue weighted by Gasteiger charge is 2.32. The van der Waals surface area contributed by atoms with Gasteiger partial charge in [-0.15, -0.1) is 0 Å². The third kappa shape index (κ3) is 16.6. The largest absolute Gasteiger partial charge is 0.396 e. The number of amides is 3. The second kappa shape index (κ2) is 29.6. The number of anilines is 2. The summed E-state index contributed by atoms with van der Waals surface area (Å²) in [6.07, 6.45) is -3.75. The van der Waals surface area contributed by atoms with Gasteiger partial charge in [-0.3, -0.25) is 28.8 Å². The second-order valence-corrected chi connectivity index (χ2v) is 19.8. The molecule has 0 aliphatic heterocycles. The number of halogens is 6. The number of rotatable bonds is 23. The minimum Gasteiger partial charge on any atom is -0.396 e. The van der Waals surface area contributed by atoms with Gasteiger partial charge < -0.3 is 66.6 Å². The van der Waals surface area contributed by atoms with E-state index in [1.807, 2.05) is 136 Å². The number of carbonyl (C=O) groups excluding carboxylic acids is 6. The first-order valence-corrected chi connectivity index (χ1v) is 24.7. The van der Waals surface area contributed by atoms with E-state index in [2.05, 4.69) is 10.6 Å². The zero-order valence-corrected chi connectivity index (χ0v) is 46.0. The maximum atomic E-state index is 13.0. The average molecular weight is 1550 g/mol. The van der Waals surface area contributed by atoms with Crippen molar-refractivity contribution < 1.29 is 79.8 Å². The quantitative estimate of drug-likeness (QED) is 0.0549. The number of benzene rings is 2. The Balaban J connectivity index is 0.000000620. The van der Waals surface area contributed by atoms with Gasteiger partial charge >= 0.3 is 0 Å². The summed E-state index contributed by atoms with van der Waals surface area (Å²) in [6.45, 7) is -2.29. The summed E-state index contributed by atoms with van der Waals surface area (Å²) in [5, 5.41) is 98.2. The molecule has 0 heterocycles. The van der Waals surface area contributed by atoms with Gasteiger partial charge in [0.25, 0.3) is 17.7 Å². The Morgan fingerprint density at radius 2 is 1.00 bits per heavy atom. The van der Waals surface area contributed by atoms with Crippen LogP contribution in [0.1, 0.15) is 80.5 Å². The van der Waals surface area contributed by atoms with Crippen LogP contribution in [0.4, 0.5) is 11.4 Å². The predicted molar refractivity (Wildman–Crippen MR) is 275 cm³/mol. The van der Waals surface area contributed by atoms with Crippen molar-refractivity contribution in [3.8, 4) is 0 Å². The Labute approximate surface area is 438 Å². The molecule has 0 saturated heterocycles. The van der Waals surface area contributed by atoms with Crippen LogP contribution in [-0.2, 0) is 9.59 Å². The van der Waals surface area contributed by atoms with Gasteiger partial charge in [-0.2, -0.15) is 0 Å². The monoisotopic (exact) mass is 1550 g/mol. The molecule has 3 atom stereocenters. The zero-order valence-electron chi connectivity index (χ0n) is 33.0. The van der Waals surface area contributed by atoms with Crippen molar-refractivity contribution in [2.75, 3.05) is 63.5 Å². The third-order valence-corrected chi connectivity index (χ3v) is 15.2. The molecule has 2 aromatic carbocycles. The van der Waals surface area contributed by atoms with E-state index in [1.165, 1.54) is 18.9 Å². The van der Waals surface area contributed by atoms with Crippen molar-refractivity contribution in [2.24, 2.45) is 5.92 Å². The van der Waals surface area contributed by atoms with Gasteiger partial charge in [0.1, 0.15) is 12.7 Å². The molecule has 12 N–H and O–H groups in total. The highest BCUT2D eigenvalue weighted by atomic mass is 127. The topological polar surface area (TPSA) is 332 Å². The summed E-state index contributed by atoms with van der Waals surface area (Å²) in [7, 11) is 1.43. The highest BCUT2D eigenvalue weighted by Crippen LogP contribution is 2.40. The van der Waals surface area contributed by atoms with Crippen molar-refractivity contribution in [3.05, 3.63) is 43.7 Å². The first kappa shape index (κ1) is 59.9. The van der Waals surface area contributed by atoms with Gasteiger partial charge in [-0.05, 0) is 155 Å². The number of hydrogen-bond donors (Lipinski definition) is 12. The number of carbonyl (C=O) groups is 6. The smallest absolute Gasteiger partial charge is 0.253 e. The number of nitrogens with one attached hydrogen (secondary N) is 2. The number of likely N-dealkylation sites (N-methyl/N-ethyl adjacent to an activating group) is 1. The molecular formula is C37H47I6N3O16. The lowest BCUT2D eigenvalue weighted by Gasteiger charge is -2.24. The fourth-order valence-electron chi connectivity index (χ4n) is 5.10. The summed E-state index contributed by atoms with van der Waals surface area (Å²) in [5.74, 6) is -3.93. The van der Waals surface area contributed by atoms with Gasteiger partial charge in [0.2, 0.25) is 0 Å². The molecule has 2 unspecified atom stereocenters. The van der Waals surface area contributed by atoms with Gasteiger partial charge in [0, 0.05) is 80.0 Å². The Morgan fingerprint density at radius 1 is 0.581 bits per heavy atom. The van der Waals surface area contributed by atoms with Gasteiger partial charge in [-0.1, -0.05) is 0 Å². The molecule has 2 rings (SSSR count). The molecule has 348 valence electrons. The van der Waals surface area contributed by atoms with E-state index in [9.17, 15) is 69.6 Å². The molecule has 3 amide bonds. The van der Waals surface area contributed by atoms with Crippen LogP contribution < -0.4 is 15.5 Å². The summed E-state index contributed by atoms with van der Waals surface area (Å²) < 4.78 is 2.12. The molecule has 0 bridgehead atoms. The first-order valence-electron chi connectivity index (χ1n) is 18.2. The Bertz CT molecular complexity index is 1820. The van der Waals surface area contributed by atoms with Crippen LogP contribution in [0.25, 0.3) is 0 Å². The molecule has 0 saturated carbocycles. The molecule has 0 radical (unpaired) electrons. The van der Waals surface area contributed by atoms with Crippen molar-refractivity contribution in [2.45, 2.75) is 63.4 Å². The van der Waals surface area contributed by atoms with E-state index < -0.39 is 100 Å². The third-order valence-electron chi connectivity index (χ3n) is 8.74. The maximum Gasteiger partial charge on any atom is 0.253 e. The summed E-state index contributed by atoms with van der Waals surface area (Å²) in [4.78, 5) is 77.3. The molecule has 19 nitrogen and oxygen atoms in total. The lowest BCUT2D eigenvalue weighted by atomic mass is 9.97. The molecular weight excluding hydrogens is 1500 g/mol. The lowest BCUT2D eigenvalue weighted by Crippen LogP contribution is -2.41. The molecule has 0 fully saturated rings. The number of nitrogens with zero attached hydrogens (tertiary/aromatic N) is 1. The SMILES string of the molecule is CN(C(=O)CO)c1c(I)c(C(=O)CCC(O)CO)c(I)c(C(=O)CCC(O)CO)c1I.C[C@H](O)C(=O)Nc1c(I)c(C(=O)CC(CO)CO)c(I)c(C(=O)NC(CO)CO)c1I. The number of hydrogen-bond acceptors (Lipinski definition) is 16. The van der Waals surface area contributed by atoms with E-state index in [-0.39, 0.29) is 75.2 Å². The van der Waals surface area contributed by atoms with Crippen LogP contribution in [0.2, 0.25) is 0 Å². The predicted octanol–water partition coefficient (Wildman–Crippen LogP) is 1.16. The molecule has 0 aliphatic rings. The maximum absolute atomic E-state index is 13.0. The van der Waals surface area contributed by atoms with Gasteiger partial charge in [-0.25, -0.2) is 0 Å². The fraction of sp³-hybridized carbons (Fsp3) is 0.514. The summed E-state index contributed by atoms with van der Waals surface area (Å²) in [6, 6.07) is -0.929. The minimum absolute atomic E-state index is 0.0280. The minimum atomic E-state index is -1.34. The van der Waals surface area contributed by atoms with Crippen molar-refractivity contribution in [1.29, 1.82) is 0 Å².